The van der Waals surface area contributed by atoms with Crippen molar-refractivity contribution in [2.24, 2.45) is 17.3 Å². The van der Waals surface area contributed by atoms with Crippen molar-refractivity contribution in [2.75, 3.05) is 6.61 Å². The van der Waals surface area contributed by atoms with E-state index in [1.54, 1.807) is 0 Å². The second-order valence-electron chi connectivity index (χ2n) is 7.62. The fraction of sp³-hybridized carbons (Fsp3) is 0.850. The first-order valence-electron chi connectivity index (χ1n) is 9.05. The van der Waals surface area contributed by atoms with Gasteiger partial charge in [-0.15, -0.1) is 0 Å². The van der Waals surface area contributed by atoms with Crippen LogP contribution in [0, 0.1) is 17.3 Å². The molecule has 0 amide bonds. The lowest BCUT2D eigenvalue weighted by Crippen LogP contribution is -2.23. The Balaban J connectivity index is 5.08. The summed E-state index contributed by atoms with van der Waals surface area (Å²) in [5.41, 5.74) is 2.23. The molecule has 2 heteroatoms. The molecule has 0 rings (SSSR count). The molecule has 0 heterocycles. The number of esters is 1. The lowest BCUT2D eigenvalue weighted by Gasteiger charge is -2.33. The molecular weight excluding hydrogens is 272 g/mol. The molecule has 0 N–H and O–H groups in total. The molecule has 22 heavy (non-hydrogen) atoms. The molecule has 130 valence electrons. The summed E-state index contributed by atoms with van der Waals surface area (Å²) in [6.45, 7) is 18.0. The lowest BCUT2D eigenvalue weighted by atomic mass is 9.72. The average molecular weight is 311 g/mol. The summed E-state index contributed by atoms with van der Waals surface area (Å²) in [6, 6.07) is 0. The van der Waals surface area contributed by atoms with Crippen LogP contribution in [-0.4, -0.2) is 12.6 Å². The van der Waals surface area contributed by atoms with Gasteiger partial charge in [-0.25, -0.2) is 4.79 Å². The van der Waals surface area contributed by atoms with Crippen LogP contribution in [0.3, 0.4) is 0 Å². The zero-order chi connectivity index (χ0) is 17.3. The van der Waals surface area contributed by atoms with Gasteiger partial charge in [0.25, 0.3) is 0 Å². The third-order valence-corrected chi connectivity index (χ3v) is 4.82. The van der Waals surface area contributed by atoms with Crippen LogP contribution in [-0.2, 0) is 9.53 Å². The molecule has 0 aliphatic rings. The Morgan fingerprint density at radius 1 is 1.05 bits per heavy atom. The van der Waals surface area contributed by atoms with Gasteiger partial charge in [-0.1, -0.05) is 60.5 Å². The molecule has 1 atom stereocenters. The standard InChI is InChI=1S/C20H38O2/c1-9-18(20(8,10-2)13-11-15(3)4)17(7)19(21)22-14-12-16(5)6/h15-16H,9-14H2,1-8H3. The van der Waals surface area contributed by atoms with E-state index in [2.05, 4.69) is 48.5 Å². The monoisotopic (exact) mass is 310 g/mol. The van der Waals surface area contributed by atoms with Crippen LogP contribution in [0.15, 0.2) is 11.1 Å². The molecule has 0 saturated carbocycles. The Bertz CT molecular complexity index is 366. The number of carbonyl (C=O) groups excluding carboxylic acids is 1. The van der Waals surface area contributed by atoms with Gasteiger partial charge in [-0.05, 0) is 49.9 Å². The van der Waals surface area contributed by atoms with E-state index in [1.807, 2.05) is 6.92 Å². The molecule has 0 radical (unpaired) electrons. The van der Waals surface area contributed by atoms with Crippen LogP contribution < -0.4 is 0 Å². The predicted molar refractivity (Wildman–Crippen MR) is 95.9 cm³/mol. The Hall–Kier alpha value is -0.790. The summed E-state index contributed by atoms with van der Waals surface area (Å²) < 4.78 is 5.47. The third kappa shape index (κ3) is 6.98. The fourth-order valence-corrected chi connectivity index (χ4v) is 2.91. The first-order valence-corrected chi connectivity index (χ1v) is 9.05. The minimum atomic E-state index is -0.123. The maximum atomic E-state index is 12.3. The van der Waals surface area contributed by atoms with E-state index < -0.39 is 0 Å². The average Bonchev–Trinajstić information content (AvgIpc) is 2.45. The third-order valence-electron chi connectivity index (χ3n) is 4.82. The van der Waals surface area contributed by atoms with Gasteiger partial charge in [-0.2, -0.15) is 0 Å². The van der Waals surface area contributed by atoms with Crippen LogP contribution in [0.4, 0.5) is 0 Å². The highest BCUT2D eigenvalue weighted by atomic mass is 16.5. The smallest absolute Gasteiger partial charge is 0.333 e. The van der Waals surface area contributed by atoms with Crippen molar-refractivity contribution in [3.8, 4) is 0 Å². The molecule has 0 aromatic rings. The lowest BCUT2D eigenvalue weighted by molar-refractivity contribution is -0.139. The maximum Gasteiger partial charge on any atom is 0.333 e. The first-order chi connectivity index (χ1) is 10.2. The second kappa shape index (κ2) is 10.1. The van der Waals surface area contributed by atoms with E-state index in [0.29, 0.717) is 18.4 Å². The zero-order valence-corrected chi connectivity index (χ0v) is 16.2. The minimum absolute atomic E-state index is 0.111. The summed E-state index contributed by atoms with van der Waals surface area (Å²) >= 11 is 0. The van der Waals surface area contributed by atoms with Crippen LogP contribution in [0.5, 0.6) is 0 Å². The highest BCUT2D eigenvalue weighted by Gasteiger charge is 2.29. The number of ether oxygens (including phenoxy) is 1. The minimum Gasteiger partial charge on any atom is -0.462 e. The predicted octanol–water partition coefficient (Wildman–Crippen LogP) is 6.15. The molecule has 0 aliphatic carbocycles. The summed E-state index contributed by atoms with van der Waals surface area (Å²) in [5, 5.41) is 0. The van der Waals surface area contributed by atoms with E-state index in [9.17, 15) is 4.79 Å². The van der Waals surface area contributed by atoms with E-state index in [4.69, 9.17) is 4.74 Å². The highest BCUT2D eigenvalue weighted by Crippen LogP contribution is 2.40. The van der Waals surface area contributed by atoms with E-state index >= 15 is 0 Å². The van der Waals surface area contributed by atoms with Crippen molar-refractivity contribution >= 4 is 5.97 Å². The number of allylic oxidation sites excluding steroid dienone is 1. The van der Waals surface area contributed by atoms with Crippen molar-refractivity contribution in [1.29, 1.82) is 0 Å². The summed E-state index contributed by atoms with van der Waals surface area (Å²) in [6.07, 6.45) is 5.26. The Morgan fingerprint density at radius 2 is 1.59 bits per heavy atom. The Labute approximate surface area is 138 Å². The molecule has 0 spiro atoms. The Kier molecular flexibility index (Phi) is 9.71. The SMILES string of the molecule is CCC(=C(C)C(=O)OCCC(C)C)C(C)(CC)CCC(C)C. The zero-order valence-electron chi connectivity index (χ0n) is 16.2. The van der Waals surface area contributed by atoms with Gasteiger partial charge < -0.3 is 4.74 Å². The van der Waals surface area contributed by atoms with Crippen LogP contribution in [0.1, 0.15) is 87.5 Å². The number of hydrogen-bond donors (Lipinski definition) is 0. The van der Waals surface area contributed by atoms with Gasteiger partial charge in [0, 0.05) is 5.57 Å². The van der Waals surface area contributed by atoms with Gasteiger partial charge in [0.15, 0.2) is 0 Å². The summed E-state index contributed by atoms with van der Waals surface area (Å²) in [4.78, 5) is 12.3. The van der Waals surface area contributed by atoms with Gasteiger partial charge in [0.1, 0.15) is 0 Å². The van der Waals surface area contributed by atoms with Crippen molar-refractivity contribution in [2.45, 2.75) is 87.5 Å². The molecule has 1 unspecified atom stereocenters. The first kappa shape index (κ1) is 21.2. The maximum absolute atomic E-state index is 12.3. The molecule has 0 aliphatic heterocycles. The topological polar surface area (TPSA) is 26.3 Å². The number of carbonyl (C=O) groups is 1. The highest BCUT2D eigenvalue weighted by molar-refractivity contribution is 5.88. The van der Waals surface area contributed by atoms with Crippen molar-refractivity contribution < 1.29 is 9.53 Å². The molecule has 0 bridgehead atoms. The van der Waals surface area contributed by atoms with Crippen LogP contribution in [0.2, 0.25) is 0 Å². The molecular formula is C20H38O2. The summed E-state index contributed by atoms with van der Waals surface area (Å²) in [5.74, 6) is 1.14. The number of rotatable bonds is 10. The van der Waals surface area contributed by atoms with Gasteiger partial charge in [-0.3, -0.25) is 0 Å². The molecule has 0 aromatic carbocycles. The second-order valence-corrected chi connectivity index (χ2v) is 7.62. The molecule has 0 aromatic heterocycles. The fourth-order valence-electron chi connectivity index (χ4n) is 2.91. The van der Waals surface area contributed by atoms with Crippen LogP contribution in [0.25, 0.3) is 0 Å². The van der Waals surface area contributed by atoms with Gasteiger partial charge >= 0.3 is 5.97 Å². The van der Waals surface area contributed by atoms with E-state index in [0.717, 1.165) is 31.3 Å². The van der Waals surface area contributed by atoms with E-state index in [-0.39, 0.29) is 11.4 Å². The largest absolute Gasteiger partial charge is 0.462 e. The van der Waals surface area contributed by atoms with Crippen molar-refractivity contribution in [3.63, 3.8) is 0 Å². The molecule has 0 saturated heterocycles. The molecule has 0 fully saturated rings. The quantitative estimate of drug-likeness (QED) is 0.357. The Morgan fingerprint density at radius 3 is 2.00 bits per heavy atom. The number of hydrogen-bond acceptors (Lipinski definition) is 2. The summed E-state index contributed by atoms with van der Waals surface area (Å²) in [7, 11) is 0. The molecule has 2 nitrogen and oxygen atoms in total. The van der Waals surface area contributed by atoms with Gasteiger partial charge in [0.05, 0.1) is 6.61 Å². The van der Waals surface area contributed by atoms with Gasteiger partial charge in [0.2, 0.25) is 0 Å². The van der Waals surface area contributed by atoms with Crippen molar-refractivity contribution in [1.82, 2.24) is 0 Å². The van der Waals surface area contributed by atoms with E-state index in [1.165, 1.54) is 12.0 Å². The normalized spacial score (nSPS) is 15.7. The van der Waals surface area contributed by atoms with Crippen molar-refractivity contribution in [3.05, 3.63) is 11.1 Å². The van der Waals surface area contributed by atoms with Crippen LogP contribution >= 0.6 is 0 Å².